The Morgan fingerprint density at radius 2 is 1.52 bits per heavy atom. The van der Waals surface area contributed by atoms with E-state index in [0.29, 0.717) is 13.2 Å². The summed E-state index contributed by atoms with van der Waals surface area (Å²) >= 11 is 0. The second-order valence-corrected chi connectivity index (χ2v) is 6.96. The highest BCUT2D eigenvalue weighted by Gasteiger charge is 2.52. The molecule has 3 aliphatic rings. The molecule has 4 nitrogen and oxygen atoms in total. The van der Waals surface area contributed by atoms with Crippen LogP contribution in [0.2, 0.25) is 0 Å². The Kier molecular flexibility index (Phi) is 4.85. The van der Waals surface area contributed by atoms with Crippen LogP contribution in [-0.4, -0.2) is 32.6 Å². The molecule has 0 N–H and O–H groups in total. The zero-order chi connectivity index (χ0) is 14.7. The molecule has 2 aliphatic carbocycles. The van der Waals surface area contributed by atoms with E-state index in [2.05, 4.69) is 0 Å². The lowest BCUT2D eigenvalue weighted by Crippen LogP contribution is -2.47. The summed E-state index contributed by atoms with van der Waals surface area (Å²) in [6.07, 6.45) is 10.5. The van der Waals surface area contributed by atoms with E-state index in [1.54, 1.807) is 0 Å². The third-order valence-corrected chi connectivity index (χ3v) is 5.90. The fourth-order valence-corrected chi connectivity index (χ4v) is 4.65. The van der Waals surface area contributed by atoms with E-state index in [-0.39, 0.29) is 5.97 Å². The highest BCUT2D eigenvalue weighted by atomic mass is 16.7. The molecule has 3 rings (SSSR count). The largest absolute Gasteiger partial charge is 0.468 e. The summed E-state index contributed by atoms with van der Waals surface area (Å²) in [5.74, 6) is 1.51. The van der Waals surface area contributed by atoms with Gasteiger partial charge in [-0.2, -0.15) is 0 Å². The normalized spacial score (nSPS) is 35.8. The molecule has 1 heterocycles. The van der Waals surface area contributed by atoms with Gasteiger partial charge in [0.2, 0.25) is 0 Å². The molecule has 2 saturated carbocycles. The topological polar surface area (TPSA) is 44.8 Å². The van der Waals surface area contributed by atoms with Crippen molar-refractivity contribution in [3.63, 3.8) is 0 Å². The summed E-state index contributed by atoms with van der Waals surface area (Å²) in [4.78, 5) is 12.4. The SMILES string of the molecule is COC(=O)[C@]1(C2OCCO2)CC[C@@H](C2CCCCC2)CC1. The average molecular weight is 296 g/mol. The molecule has 1 saturated heterocycles. The van der Waals surface area contributed by atoms with Crippen LogP contribution in [0, 0.1) is 17.3 Å². The predicted molar refractivity (Wildman–Crippen MR) is 78.7 cm³/mol. The number of hydrogen-bond donors (Lipinski definition) is 0. The molecule has 4 heteroatoms. The first-order valence-electron chi connectivity index (χ1n) is 8.58. The Balaban J connectivity index is 1.65. The van der Waals surface area contributed by atoms with Crippen LogP contribution in [0.25, 0.3) is 0 Å². The number of carbonyl (C=O) groups is 1. The lowest BCUT2D eigenvalue weighted by Gasteiger charge is -2.43. The minimum Gasteiger partial charge on any atom is -0.468 e. The number of esters is 1. The van der Waals surface area contributed by atoms with Gasteiger partial charge in [-0.1, -0.05) is 32.1 Å². The molecular formula is C17H28O4. The van der Waals surface area contributed by atoms with E-state index in [9.17, 15) is 4.79 Å². The van der Waals surface area contributed by atoms with Crippen molar-refractivity contribution in [3.05, 3.63) is 0 Å². The highest BCUT2D eigenvalue weighted by molar-refractivity contribution is 5.77. The molecule has 0 aromatic rings. The van der Waals surface area contributed by atoms with Gasteiger partial charge in [-0.3, -0.25) is 4.79 Å². The highest BCUT2D eigenvalue weighted by Crippen LogP contribution is 2.48. The first kappa shape index (κ1) is 15.3. The Hall–Kier alpha value is -0.610. The number of methoxy groups -OCH3 is 1. The van der Waals surface area contributed by atoms with Gasteiger partial charge in [0.05, 0.1) is 20.3 Å². The third-order valence-electron chi connectivity index (χ3n) is 5.90. The van der Waals surface area contributed by atoms with Gasteiger partial charge in [-0.25, -0.2) is 0 Å². The van der Waals surface area contributed by atoms with E-state index in [1.807, 2.05) is 0 Å². The van der Waals surface area contributed by atoms with Crippen molar-refractivity contribution in [2.24, 2.45) is 17.3 Å². The van der Waals surface area contributed by atoms with Gasteiger partial charge in [0.1, 0.15) is 5.41 Å². The minimum absolute atomic E-state index is 0.142. The molecule has 1 aliphatic heterocycles. The zero-order valence-electron chi connectivity index (χ0n) is 13.1. The first-order chi connectivity index (χ1) is 10.3. The quantitative estimate of drug-likeness (QED) is 0.750. The summed E-state index contributed by atoms with van der Waals surface area (Å²) in [5, 5.41) is 0. The molecule has 0 aromatic carbocycles. The Morgan fingerprint density at radius 3 is 2.10 bits per heavy atom. The zero-order valence-corrected chi connectivity index (χ0v) is 13.1. The molecule has 120 valence electrons. The molecule has 3 fully saturated rings. The number of hydrogen-bond acceptors (Lipinski definition) is 4. The van der Waals surface area contributed by atoms with Gasteiger partial charge >= 0.3 is 5.97 Å². The van der Waals surface area contributed by atoms with Crippen molar-refractivity contribution < 1.29 is 19.0 Å². The maximum atomic E-state index is 12.4. The monoisotopic (exact) mass is 296 g/mol. The molecule has 0 aromatic heterocycles. The van der Waals surface area contributed by atoms with Gasteiger partial charge in [-0.15, -0.1) is 0 Å². The fraction of sp³-hybridized carbons (Fsp3) is 0.941. The van der Waals surface area contributed by atoms with E-state index in [4.69, 9.17) is 14.2 Å². The van der Waals surface area contributed by atoms with Crippen molar-refractivity contribution in [1.82, 2.24) is 0 Å². The molecule has 21 heavy (non-hydrogen) atoms. The van der Waals surface area contributed by atoms with Crippen molar-refractivity contribution in [3.8, 4) is 0 Å². The van der Waals surface area contributed by atoms with Crippen LogP contribution >= 0.6 is 0 Å². The first-order valence-corrected chi connectivity index (χ1v) is 8.58. The molecule has 0 radical (unpaired) electrons. The standard InChI is InChI=1S/C17H28O4/c1-19-15(18)17(16-20-11-12-21-16)9-7-14(8-10-17)13-5-3-2-4-6-13/h13-14,16H,2-12H2,1H3/t14-,17+. The van der Waals surface area contributed by atoms with Crippen molar-refractivity contribution in [2.75, 3.05) is 20.3 Å². The third kappa shape index (κ3) is 2.98. The van der Waals surface area contributed by atoms with Crippen LogP contribution in [0.4, 0.5) is 0 Å². The fourth-order valence-electron chi connectivity index (χ4n) is 4.65. The van der Waals surface area contributed by atoms with Crippen LogP contribution < -0.4 is 0 Å². The molecule has 0 spiro atoms. The van der Waals surface area contributed by atoms with E-state index in [1.165, 1.54) is 39.2 Å². The number of ether oxygens (including phenoxy) is 3. The summed E-state index contributed by atoms with van der Waals surface area (Å²) in [7, 11) is 1.48. The van der Waals surface area contributed by atoms with Crippen molar-refractivity contribution in [1.29, 1.82) is 0 Å². The van der Waals surface area contributed by atoms with E-state index in [0.717, 1.165) is 37.5 Å². The molecule has 0 bridgehead atoms. The van der Waals surface area contributed by atoms with Gasteiger partial charge in [-0.05, 0) is 37.5 Å². The average Bonchev–Trinajstić information content (AvgIpc) is 3.10. The minimum atomic E-state index is -0.559. The summed E-state index contributed by atoms with van der Waals surface area (Å²) in [5.41, 5.74) is -0.559. The lowest BCUT2D eigenvalue weighted by atomic mass is 9.65. The van der Waals surface area contributed by atoms with Crippen LogP contribution in [0.1, 0.15) is 57.8 Å². The predicted octanol–water partition coefficient (Wildman–Crippen LogP) is 3.29. The van der Waals surface area contributed by atoms with Crippen molar-refractivity contribution >= 4 is 5.97 Å². The van der Waals surface area contributed by atoms with Gasteiger partial charge < -0.3 is 14.2 Å². The van der Waals surface area contributed by atoms with Crippen LogP contribution in [0.5, 0.6) is 0 Å². The Bertz CT molecular complexity index is 348. The van der Waals surface area contributed by atoms with Gasteiger partial charge in [0.15, 0.2) is 6.29 Å². The summed E-state index contributed by atoms with van der Waals surface area (Å²) < 4.78 is 16.4. The molecule has 0 amide bonds. The maximum Gasteiger partial charge on any atom is 0.316 e. The molecule has 0 unspecified atom stereocenters. The number of carbonyl (C=O) groups excluding carboxylic acids is 1. The van der Waals surface area contributed by atoms with Gasteiger partial charge in [0, 0.05) is 0 Å². The lowest BCUT2D eigenvalue weighted by molar-refractivity contribution is -0.192. The Morgan fingerprint density at radius 1 is 0.952 bits per heavy atom. The van der Waals surface area contributed by atoms with E-state index < -0.39 is 11.7 Å². The molecule has 0 atom stereocenters. The summed E-state index contributed by atoms with van der Waals surface area (Å²) in [6, 6.07) is 0. The van der Waals surface area contributed by atoms with Crippen LogP contribution in [0.15, 0.2) is 0 Å². The second kappa shape index (κ2) is 6.66. The van der Waals surface area contributed by atoms with Crippen LogP contribution in [-0.2, 0) is 19.0 Å². The van der Waals surface area contributed by atoms with Crippen molar-refractivity contribution in [2.45, 2.75) is 64.1 Å². The smallest absolute Gasteiger partial charge is 0.316 e. The van der Waals surface area contributed by atoms with Gasteiger partial charge in [0.25, 0.3) is 0 Å². The molecular weight excluding hydrogens is 268 g/mol. The number of rotatable bonds is 3. The second-order valence-electron chi connectivity index (χ2n) is 6.96. The summed E-state index contributed by atoms with van der Waals surface area (Å²) in [6.45, 7) is 1.19. The van der Waals surface area contributed by atoms with E-state index >= 15 is 0 Å². The Labute approximate surface area is 127 Å². The van der Waals surface area contributed by atoms with Crippen LogP contribution in [0.3, 0.4) is 0 Å². The maximum absolute atomic E-state index is 12.4.